The Hall–Kier alpha value is -2.58. The summed E-state index contributed by atoms with van der Waals surface area (Å²) in [6.45, 7) is 0. The van der Waals surface area contributed by atoms with Crippen LogP contribution in [0.3, 0.4) is 0 Å². The summed E-state index contributed by atoms with van der Waals surface area (Å²) in [7, 11) is 0. The molecule has 0 saturated carbocycles. The van der Waals surface area contributed by atoms with Gasteiger partial charge in [-0.1, -0.05) is 36.4 Å². The van der Waals surface area contributed by atoms with E-state index in [0.717, 1.165) is 0 Å². The van der Waals surface area contributed by atoms with Crippen molar-refractivity contribution in [2.45, 2.75) is 11.4 Å². The lowest BCUT2D eigenvalue weighted by molar-refractivity contribution is -0.807. The van der Waals surface area contributed by atoms with Crippen molar-refractivity contribution in [1.29, 1.82) is 0 Å². The summed E-state index contributed by atoms with van der Waals surface area (Å²) in [6, 6.07) is 8.23. The molecule has 0 saturated heterocycles. The average molecular weight is 278 g/mol. The topological polar surface area (TPSA) is 127 Å². The number of hydrogen-bond donors (Lipinski definition) is 2. The number of nitrogens with zero attached hydrogens (tertiary/aromatic N) is 2. The third-order valence-corrected chi connectivity index (χ3v) is 3.06. The van der Waals surface area contributed by atoms with E-state index in [9.17, 15) is 30.4 Å². The Morgan fingerprint density at radius 3 is 2.05 bits per heavy atom. The van der Waals surface area contributed by atoms with Crippen molar-refractivity contribution < 1.29 is 20.1 Å². The number of allylic oxidation sites excluding steroid dienone is 2. The smallest absolute Gasteiger partial charge is 0.351 e. The van der Waals surface area contributed by atoms with Crippen LogP contribution in [0.25, 0.3) is 5.57 Å². The summed E-state index contributed by atoms with van der Waals surface area (Å²) in [4.78, 5) is 19.5. The molecule has 0 aromatic heterocycles. The van der Waals surface area contributed by atoms with Crippen molar-refractivity contribution in [2.24, 2.45) is 0 Å². The van der Waals surface area contributed by atoms with Gasteiger partial charge in [-0.15, -0.1) is 0 Å². The van der Waals surface area contributed by atoms with Gasteiger partial charge in [-0.05, 0) is 17.2 Å². The van der Waals surface area contributed by atoms with Crippen LogP contribution in [-0.2, 0) is 0 Å². The summed E-state index contributed by atoms with van der Waals surface area (Å²) >= 11 is 0. The van der Waals surface area contributed by atoms with E-state index in [0.29, 0.717) is 17.7 Å². The highest BCUT2D eigenvalue weighted by atomic mass is 16.7. The number of rotatable bonds is 3. The van der Waals surface area contributed by atoms with E-state index < -0.39 is 21.3 Å². The quantitative estimate of drug-likeness (QED) is 0.472. The molecule has 0 unspecified atom stereocenters. The zero-order valence-electron chi connectivity index (χ0n) is 10.0. The lowest BCUT2D eigenvalue weighted by Crippen LogP contribution is -2.63. The summed E-state index contributed by atoms with van der Waals surface area (Å²) < 4.78 is 0. The molecule has 0 radical (unpaired) electrons. The maximum absolute atomic E-state index is 11.1. The van der Waals surface area contributed by atoms with Crippen LogP contribution in [0.4, 0.5) is 0 Å². The van der Waals surface area contributed by atoms with Crippen LogP contribution >= 0.6 is 0 Å². The highest BCUT2D eigenvalue weighted by Gasteiger charge is 2.71. The largest absolute Gasteiger partial charge is 0.534 e. The fourth-order valence-corrected chi connectivity index (χ4v) is 1.95. The Balaban J connectivity index is 2.65. The van der Waals surface area contributed by atoms with E-state index in [-0.39, 0.29) is 5.57 Å². The second-order valence-corrected chi connectivity index (χ2v) is 4.27. The van der Waals surface area contributed by atoms with Gasteiger partial charge in [0, 0.05) is 0 Å². The summed E-state index contributed by atoms with van der Waals surface area (Å²) in [6.07, 6.45) is 2.48. The molecule has 0 spiro atoms. The standard InChI is InChI=1S/C12H10N2O6/c15-12(16)7-6-10(9-4-2-1-3-5-9)8-11(12,13(17)18)14(19)20/h1-8,15-16H. The van der Waals surface area contributed by atoms with Crippen molar-refractivity contribution in [3.8, 4) is 0 Å². The minimum absolute atomic E-state index is 0.165. The molecule has 1 aliphatic carbocycles. The maximum Gasteiger partial charge on any atom is 0.534 e. The molecular formula is C12H10N2O6. The molecule has 0 bridgehead atoms. The average Bonchev–Trinajstić information content (AvgIpc) is 2.38. The first-order valence-electron chi connectivity index (χ1n) is 5.52. The zero-order valence-corrected chi connectivity index (χ0v) is 10.0. The highest BCUT2D eigenvalue weighted by molar-refractivity contribution is 5.76. The maximum atomic E-state index is 11.1. The number of hydrogen-bond acceptors (Lipinski definition) is 6. The van der Waals surface area contributed by atoms with Gasteiger partial charge in [0.25, 0.3) is 0 Å². The highest BCUT2D eigenvalue weighted by Crippen LogP contribution is 2.35. The molecule has 20 heavy (non-hydrogen) atoms. The zero-order chi connectivity index (χ0) is 15.0. The monoisotopic (exact) mass is 278 g/mol. The third kappa shape index (κ3) is 1.87. The fourth-order valence-electron chi connectivity index (χ4n) is 1.95. The minimum atomic E-state index is -3.24. The Morgan fingerprint density at radius 1 is 1.00 bits per heavy atom. The van der Waals surface area contributed by atoms with Crippen molar-refractivity contribution in [3.05, 3.63) is 74.4 Å². The first-order chi connectivity index (χ1) is 9.31. The van der Waals surface area contributed by atoms with Gasteiger partial charge in [0.15, 0.2) is 0 Å². The number of benzene rings is 1. The summed E-state index contributed by atoms with van der Waals surface area (Å²) in [5.74, 6) is -3.21. The predicted octanol–water partition coefficient (Wildman–Crippen LogP) is 0.570. The molecule has 0 atom stereocenters. The van der Waals surface area contributed by atoms with Crippen LogP contribution < -0.4 is 0 Å². The first-order valence-corrected chi connectivity index (χ1v) is 5.52. The Labute approximate surface area is 112 Å². The SMILES string of the molecule is O=[N+]([O-])C1([N+](=O)[O-])C=C(c2ccccc2)C=CC1(O)O. The number of aliphatic hydroxyl groups is 2. The van der Waals surface area contributed by atoms with Crippen LogP contribution in [0.5, 0.6) is 0 Å². The van der Waals surface area contributed by atoms with Gasteiger partial charge >= 0.3 is 11.4 Å². The van der Waals surface area contributed by atoms with Gasteiger partial charge in [0.05, 0.1) is 6.08 Å². The van der Waals surface area contributed by atoms with Crippen LogP contribution in [-0.4, -0.2) is 31.5 Å². The molecule has 0 fully saturated rings. The molecule has 1 aliphatic rings. The molecule has 104 valence electrons. The van der Waals surface area contributed by atoms with Gasteiger partial charge in [-0.3, -0.25) is 20.2 Å². The van der Waals surface area contributed by atoms with E-state index in [1.54, 1.807) is 30.3 Å². The molecule has 2 N–H and O–H groups in total. The summed E-state index contributed by atoms with van der Waals surface area (Å²) in [5.41, 5.74) is -2.59. The fraction of sp³-hybridized carbons (Fsp3) is 0.167. The molecule has 1 aromatic carbocycles. The predicted molar refractivity (Wildman–Crippen MR) is 67.4 cm³/mol. The second-order valence-electron chi connectivity index (χ2n) is 4.27. The van der Waals surface area contributed by atoms with Crippen LogP contribution in [0, 0.1) is 20.2 Å². The molecule has 0 amide bonds. The van der Waals surface area contributed by atoms with Crippen LogP contribution in [0.15, 0.2) is 48.6 Å². The molecule has 0 heterocycles. The van der Waals surface area contributed by atoms with E-state index >= 15 is 0 Å². The van der Waals surface area contributed by atoms with Crippen LogP contribution in [0.2, 0.25) is 0 Å². The van der Waals surface area contributed by atoms with E-state index in [2.05, 4.69) is 0 Å². The van der Waals surface area contributed by atoms with Crippen molar-refractivity contribution in [1.82, 2.24) is 0 Å². The summed E-state index contributed by atoms with van der Waals surface area (Å²) in [5, 5.41) is 41.4. The van der Waals surface area contributed by atoms with Gasteiger partial charge in [0.1, 0.15) is 9.85 Å². The molecular weight excluding hydrogens is 268 g/mol. The lowest BCUT2D eigenvalue weighted by atomic mass is 9.88. The molecule has 8 heteroatoms. The Kier molecular flexibility index (Phi) is 3.12. The van der Waals surface area contributed by atoms with Crippen molar-refractivity contribution in [3.63, 3.8) is 0 Å². The van der Waals surface area contributed by atoms with Crippen molar-refractivity contribution in [2.75, 3.05) is 0 Å². The third-order valence-electron chi connectivity index (χ3n) is 3.06. The van der Waals surface area contributed by atoms with Crippen molar-refractivity contribution >= 4 is 5.57 Å². The molecule has 8 nitrogen and oxygen atoms in total. The van der Waals surface area contributed by atoms with E-state index in [1.807, 2.05) is 0 Å². The van der Waals surface area contributed by atoms with Gasteiger partial charge < -0.3 is 10.2 Å². The normalized spacial score (nSPS) is 19.2. The van der Waals surface area contributed by atoms with Gasteiger partial charge in [-0.25, -0.2) is 0 Å². The molecule has 0 aliphatic heterocycles. The lowest BCUT2D eigenvalue weighted by Gasteiger charge is -2.27. The Morgan fingerprint density at radius 2 is 1.55 bits per heavy atom. The van der Waals surface area contributed by atoms with E-state index in [4.69, 9.17) is 0 Å². The van der Waals surface area contributed by atoms with Gasteiger partial charge in [0.2, 0.25) is 0 Å². The van der Waals surface area contributed by atoms with E-state index in [1.165, 1.54) is 6.08 Å². The number of nitro groups is 2. The molecule has 1 aromatic rings. The van der Waals surface area contributed by atoms with Crippen LogP contribution in [0.1, 0.15) is 5.56 Å². The first kappa shape index (κ1) is 13.8. The molecule has 2 rings (SSSR count). The second kappa shape index (κ2) is 4.51. The van der Waals surface area contributed by atoms with Gasteiger partial charge in [-0.2, -0.15) is 0 Å². The Bertz CT molecular complexity index is 606. The minimum Gasteiger partial charge on any atom is -0.351 e.